The van der Waals surface area contributed by atoms with Crippen molar-refractivity contribution in [1.82, 2.24) is 20.2 Å². The summed E-state index contributed by atoms with van der Waals surface area (Å²) in [5.74, 6) is 0.176. The number of halogens is 1. The van der Waals surface area contributed by atoms with E-state index < -0.39 is 5.83 Å². The molecular weight excluding hydrogens is 543 g/mol. The zero-order chi connectivity index (χ0) is 29.6. The van der Waals surface area contributed by atoms with E-state index in [2.05, 4.69) is 26.8 Å². The Labute approximate surface area is 252 Å². The van der Waals surface area contributed by atoms with Crippen LogP contribution >= 0.6 is 0 Å². The van der Waals surface area contributed by atoms with Crippen LogP contribution in [0.5, 0.6) is 6.01 Å². The van der Waals surface area contributed by atoms with Crippen LogP contribution < -0.4 is 15.0 Å². The molecule has 2 aromatic carbocycles. The van der Waals surface area contributed by atoms with Crippen molar-refractivity contribution >= 4 is 34.8 Å². The van der Waals surface area contributed by atoms with E-state index in [9.17, 15) is 5.11 Å². The van der Waals surface area contributed by atoms with Crippen LogP contribution in [0, 0.1) is 6.92 Å². The van der Waals surface area contributed by atoms with Crippen molar-refractivity contribution in [2.45, 2.75) is 69.5 Å². The third-order valence-electron chi connectivity index (χ3n) is 10.1. The third-order valence-corrected chi connectivity index (χ3v) is 10.1. The van der Waals surface area contributed by atoms with Gasteiger partial charge in [0.15, 0.2) is 5.83 Å². The van der Waals surface area contributed by atoms with E-state index in [1.807, 2.05) is 43.3 Å². The number of aromatic nitrogens is 2. The summed E-state index contributed by atoms with van der Waals surface area (Å²) in [4.78, 5) is 18.7. The van der Waals surface area contributed by atoms with Crippen LogP contribution in [-0.2, 0) is 6.42 Å². The summed E-state index contributed by atoms with van der Waals surface area (Å²) in [6, 6.07) is 12.7. The van der Waals surface area contributed by atoms with Crippen molar-refractivity contribution in [2.24, 2.45) is 4.99 Å². The molecule has 0 amide bonds. The second-order valence-corrected chi connectivity index (χ2v) is 12.7. The van der Waals surface area contributed by atoms with Gasteiger partial charge in [-0.1, -0.05) is 36.4 Å². The lowest BCUT2D eigenvalue weighted by molar-refractivity contribution is 0.107. The third kappa shape index (κ3) is 5.11. The molecule has 2 atom stereocenters. The van der Waals surface area contributed by atoms with E-state index in [1.165, 1.54) is 12.8 Å². The molecule has 2 unspecified atom stereocenters. The molecule has 7 rings (SSSR count). The van der Waals surface area contributed by atoms with Gasteiger partial charge in [-0.2, -0.15) is 9.97 Å². The highest BCUT2D eigenvalue weighted by Crippen LogP contribution is 2.41. The number of hydrogen-bond acceptors (Lipinski definition) is 8. The normalized spacial score (nSPS) is 23.5. The van der Waals surface area contributed by atoms with Crippen LogP contribution in [0.15, 0.2) is 41.4 Å². The minimum Gasteiger partial charge on any atom is -0.461 e. The second kappa shape index (κ2) is 11.6. The van der Waals surface area contributed by atoms with Gasteiger partial charge in [0.2, 0.25) is 0 Å². The molecule has 2 bridgehead atoms. The second-order valence-electron chi connectivity index (χ2n) is 12.7. The molecule has 226 valence electrons. The van der Waals surface area contributed by atoms with E-state index >= 15 is 4.39 Å². The quantitative estimate of drug-likeness (QED) is 0.346. The van der Waals surface area contributed by atoms with Crippen LogP contribution in [0.4, 0.5) is 10.2 Å². The number of aliphatic imine (C=N–C) groups is 1. The van der Waals surface area contributed by atoms with Gasteiger partial charge in [-0.15, -0.1) is 0 Å². The Kier molecular flexibility index (Phi) is 7.65. The van der Waals surface area contributed by atoms with Crippen LogP contribution in [-0.4, -0.2) is 83.7 Å². The van der Waals surface area contributed by atoms with E-state index in [4.69, 9.17) is 14.7 Å². The lowest BCUT2D eigenvalue weighted by Crippen LogP contribution is -2.51. The Hall–Kier alpha value is -3.40. The number of aliphatic hydroxyl groups is 1. The van der Waals surface area contributed by atoms with Gasteiger partial charge < -0.3 is 20.1 Å². The topological polar surface area (TPSA) is 86.1 Å². The number of aliphatic hydroxyl groups excluding tert-OH is 1. The maximum atomic E-state index is 17.0. The molecule has 0 spiro atoms. The first-order valence-electron chi connectivity index (χ1n) is 15.8. The molecule has 5 heterocycles. The largest absolute Gasteiger partial charge is 0.461 e. The zero-order valence-electron chi connectivity index (χ0n) is 25.0. The molecule has 4 fully saturated rings. The summed E-state index contributed by atoms with van der Waals surface area (Å²) in [5.41, 5.74) is 2.58. The maximum absolute atomic E-state index is 17.0. The lowest BCUT2D eigenvalue weighted by atomic mass is 9.95. The van der Waals surface area contributed by atoms with Gasteiger partial charge in [-0.05, 0) is 88.0 Å². The van der Waals surface area contributed by atoms with E-state index in [1.54, 1.807) is 0 Å². The Morgan fingerprint density at radius 3 is 2.53 bits per heavy atom. The molecule has 3 aromatic rings. The first-order valence-corrected chi connectivity index (χ1v) is 15.8. The minimum atomic E-state index is -0.549. The molecule has 43 heavy (non-hydrogen) atoms. The Morgan fingerprint density at radius 1 is 1.12 bits per heavy atom. The van der Waals surface area contributed by atoms with Crippen LogP contribution in [0.2, 0.25) is 0 Å². The van der Waals surface area contributed by atoms with Crippen LogP contribution in [0.3, 0.4) is 0 Å². The predicted octanol–water partition coefficient (Wildman–Crippen LogP) is 4.92. The number of ether oxygens (including phenoxy) is 1. The number of fused-ring (bicyclic) bond motifs is 4. The lowest BCUT2D eigenvalue weighted by Gasteiger charge is -2.35. The fourth-order valence-corrected chi connectivity index (χ4v) is 8.03. The zero-order valence-corrected chi connectivity index (χ0v) is 25.0. The molecule has 0 aliphatic carbocycles. The molecule has 4 aliphatic rings. The Balaban J connectivity index is 1.33. The van der Waals surface area contributed by atoms with Crippen molar-refractivity contribution < 1.29 is 14.2 Å². The molecule has 0 saturated carbocycles. The number of rotatable bonds is 9. The van der Waals surface area contributed by atoms with Gasteiger partial charge in [0.1, 0.15) is 23.8 Å². The highest BCUT2D eigenvalue weighted by molar-refractivity contribution is 6.01. The first kappa shape index (κ1) is 28.4. The number of nitrogens with one attached hydrogen (secondary N) is 1. The number of anilines is 1. The number of piperazine rings is 1. The van der Waals surface area contributed by atoms with Gasteiger partial charge >= 0.3 is 6.01 Å². The summed E-state index contributed by atoms with van der Waals surface area (Å²) in [7, 11) is 0. The molecule has 0 radical (unpaired) electrons. The highest BCUT2D eigenvalue weighted by Gasteiger charge is 2.45. The van der Waals surface area contributed by atoms with Crippen LogP contribution in [0.25, 0.3) is 22.3 Å². The summed E-state index contributed by atoms with van der Waals surface area (Å²) in [5, 5.41) is 15.2. The van der Waals surface area contributed by atoms with Crippen molar-refractivity contribution in [3.8, 4) is 6.01 Å². The van der Waals surface area contributed by atoms with Gasteiger partial charge in [0.25, 0.3) is 0 Å². The van der Waals surface area contributed by atoms with Gasteiger partial charge in [0, 0.05) is 42.9 Å². The minimum absolute atomic E-state index is 0.00281. The van der Waals surface area contributed by atoms with Gasteiger partial charge in [-0.25, -0.2) is 4.39 Å². The van der Waals surface area contributed by atoms with Crippen LogP contribution in [0.1, 0.15) is 60.9 Å². The monoisotopic (exact) mass is 584 g/mol. The number of hydrogen-bond donors (Lipinski definition) is 2. The average molecular weight is 585 g/mol. The molecule has 1 aromatic heterocycles. The molecule has 2 N–H and O–H groups in total. The summed E-state index contributed by atoms with van der Waals surface area (Å²) < 4.78 is 23.4. The van der Waals surface area contributed by atoms with Crippen molar-refractivity contribution in [2.75, 3.05) is 44.3 Å². The molecule has 4 saturated heterocycles. The Morgan fingerprint density at radius 2 is 1.84 bits per heavy atom. The molecule has 9 heteroatoms. The molecule has 8 nitrogen and oxygen atoms in total. The van der Waals surface area contributed by atoms with E-state index in [0.717, 1.165) is 74.0 Å². The van der Waals surface area contributed by atoms with Crippen molar-refractivity contribution in [3.05, 3.63) is 58.8 Å². The number of nitrogens with zero attached hydrogens (tertiary/aromatic N) is 5. The smallest absolute Gasteiger partial charge is 0.319 e. The fraction of sp³-hybridized carbons (Fsp3) is 0.500. The summed E-state index contributed by atoms with van der Waals surface area (Å²) in [6.07, 6.45) is 7.29. The van der Waals surface area contributed by atoms with Crippen molar-refractivity contribution in [1.29, 1.82) is 0 Å². The standard InChI is InChI=1S/C34H41FN6O2/c1-22-30(29(35)31(36-2)27-10-4-9-23-7-3-8-24(13-18-42)28(23)27)38-33(43-21-34-14-5-16-41(34)17-6-15-34)39-32(22)40-19-25-11-12-26(20-40)37-25/h3-4,7-10,25-26,37,42H,2,5-6,11-21H2,1H3/b31-29+. The average Bonchev–Trinajstić information content (AvgIpc) is 3.70. The molecule has 4 aliphatic heterocycles. The van der Waals surface area contributed by atoms with Gasteiger partial charge in [-0.3, -0.25) is 9.89 Å². The van der Waals surface area contributed by atoms with E-state index in [0.29, 0.717) is 36.2 Å². The van der Waals surface area contributed by atoms with Gasteiger partial charge in [0.05, 0.1) is 5.54 Å². The number of benzene rings is 2. The highest BCUT2D eigenvalue weighted by atomic mass is 19.1. The maximum Gasteiger partial charge on any atom is 0.319 e. The summed E-state index contributed by atoms with van der Waals surface area (Å²) >= 11 is 0. The predicted molar refractivity (Wildman–Crippen MR) is 169 cm³/mol. The van der Waals surface area contributed by atoms with Crippen molar-refractivity contribution in [3.63, 3.8) is 0 Å². The fourth-order valence-electron chi connectivity index (χ4n) is 8.03. The SMILES string of the molecule is C=N/C(=C(/F)c1nc(OCC23CCCN2CCC3)nc(N2CC3CCC(C2)N3)c1C)c1cccc2cccc(CCO)c12. The Bertz CT molecular complexity index is 1550. The first-order chi connectivity index (χ1) is 21.0. The van der Waals surface area contributed by atoms with E-state index in [-0.39, 0.29) is 29.5 Å². The summed E-state index contributed by atoms with van der Waals surface area (Å²) in [6.45, 7) is 10.0. The molecular formula is C34H41FN6O2.